The van der Waals surface area contributed by atoms with Crippen LogP contribution in [0.2, 0.25) is 0 Å². The zero-order chi connectivity index (χ0) is 16.9. The molecule has 2 bridgehead atoms. The maximum Gasteiger partial charge on any atom is 0.312 e. The summed E-state index contributed by atoms with van der Waals surface area (Å²) in [6.45, 7) is 2.73. The van der Waals surface area contributed by atoms with Crippen LogP contribution in [0.25, 0.3) is 0 Å². The topological polar surface area (TPSA) is 55.8 Å². The molecule has 4 atom stereocenters. The van der Waals surface area contributed by atoms with Crippen molar-refractivity contribution >= 4 is 33.5 Å². The molecule has 2 saturated heterocycles. The normalized spacial score (nSPS) is 33.2. The lowest BCUT2D eigenvalue weighted by Crippen LogP contribution is -2.40. The Hall–Kier alpha value is -1.66. The van der Waals surface area contributed by atoms with Gasteiger partial charge in [-0.05, 0) is 34.5 Å². The lowest BCUT2D eigenvalue weighted by Gasteiger charge is -2.22. The van der Waals surface area contributed by atoms with Crippen LogP contribution >= 0.6 is 15.9 Å². The highest BCUT2D eigenvalue weighted by Gasteiger charge is 2.67. The van der Waals surface area contributed by atoms with Crippen LogP contribution in [0.1, 0.15) is 13.3 Å². The molecule has 1 aromatic rings. The van der Waals surface area contributed by atoms with Gasteiger partial charge in [0.05, 0.1) is 30.9 Å². The van der Waals surface area contributed by atoms with Crippen molar-refractivity contribution in [1.82, 2.24) is 0 Å². The molecule has 0 N–H and O–H groups in total. The van der Waals surface area contributed by atoms with E-state index in [4.69, 9.17) is 9.47 Å². The van der Waals surface area contributed by atoms with Gasteiger partial charge < -0.3 is 14.4 Å². The van der Waals surface area contributed by atoms with Crippen LogP contribution in [0.4, 0.5) is 5.69 Å². The number of hydrogen-bond donors (Lipinski definition) is 0. The third-order valence-electron chi connectivity index (χ3n) is 4.96. The highest BCUT2D eigenvalue weighted by Crippen LogP contribution is 2.53. The van der Waals surface area contributed by atoms with Crippen LogP contribution < -0.4 is 4.90 Å². The minimum absolute atomic E-state index is 0.0767. The molecule has 3 heterocycles. The monoisotopic (exact) mass is 391 g/mol. The minimum atomic E-state index is -0.715. The number of nitrogens with zero attached hydrogens (tertiary/aromatic N) is 1. The van der Waals surface area contributed by atoms with Crippen molar-refractivity contribution < 1.29 is 19.1 Å². The second-order valence-corrected chi connectivity index (χ2v) is 7.30. The predicted molar refractivity (Wildman–Crippen MR) is 91.5 cm³/mol. The molecule has 5 nitrogen and oxygen atoms in total. The number of carbonyl (C=O) groups excluding carboxylic acids is 2. The Labute approximate surface area is 148 Å². The molecule has 3 aliphatic heterocycles. The highest BCUT2D eigenvalue weighted by molar-refractivity contribution is 9.10. The van der Waals surface area contributed by atoms with Crippen molar-refractivity contribution in [3.63, 3.8) is 0 Å². The molecule has 0 aliphatic carbocycles. The van der Waals surface area contributed by atoms with E-state index in [-0.39, 0.29) is 18.0 Å². The van der Waals surface area contributed by atoms with Crippen molar-refractivity contribution in [3.8, 4) is 0 Å². The fraction of sp³-hybridized carbons (Fsp3) is 0.444. The number of para-hydroxylation sites is 1. The summed E-state index contributed by atoms with van der Waals surface area (Å²) in [7, 11) is 0. The molecular weight excluding hydrogens is 374 g/mol. The molecule has 0 radical (unpaired) electrons. The summed E-state index contributed by atoms with van der Waals surface area (Å²) >= 11 is 3.50. The Morgan fingerprint density at radius 1 is 1.46 bits per heavy atom. The van der Waals surface area contributed by atoms with Crippen molar-refractivity contribution in [2.24, 2.45) is 11.8 Å². The number of halogens is 1. The molecule has 6 heteroatoms. The number of rotatable bonds is 4. The molecule has 24 heavy (non-hydrogen) atoms. The Balaban J connectivity index is 1.67. The Bertz CT molecular complexity index is 733. The van der Waals surface area contributed by atoms with E-state index in [0.717, 1.165) is 16.6 Å². The third-order valence-corrected chi connectivity index (χ3v) is 5.63. The third kappa shape index (κ3) is 2.16. The summed E-state index contributed by atoms with van der Waals surface area (Å²) < 4.78 is 12.2. The molecule has 0 aromatic heterocycles. The van der Waals surface area contributed by atoms with Crippen LogP contribution in [0.15, 0.2) is 40.9 Å². The molecule has 126 valence electrons. The fourth-order valence-corrected chi connectivity index (χ4v) is 4.44. The maximum atomic E-state index is 13.1. The molecule has 1 amide bonds. The van der Waals surface area contributed by atoms with Crippen LogP contribution in [-0.4, -0.2) is 36.7 Å². The van der Waals surface area contributed by atoms with Gasteiger partial charge >= 0.3 is 5.97 Å². The van der Waals surface area contributed by atoms with Crippen molar-refractivity contribution in [3.05, 3.63) is 40.9 Å². The van der Waals surface area contributed by atoms with Gasteiger partial charge in [-0.2, -0.15) is 0 Å². The highest BCUT2D eigenvalue weighted by atomic mass is 79.9. The van der Waals surface area contributed by atoms with Gasteiger partial charge in [-0.15, -0.1) is 0 Å². The molecule has 4 rings (SSSR count). The van der Waals surface area contributed by atoms with Crippen LogP contribution in [0, 0.1) is 11.8 Å². The number of carbonyl (C=O) groups is 2. The maximum absolute atomic E-state index is 13.1. The number of anilines is 1. The van der Waals surface area contributed by atoms with Gasteiger partial charge in [-0.1, -0.05) is 31.2 Å². The van der Waals surface area contributed by atoms with E-state index in [1.54, 1.807) is 4.90 Å². The van der Waals surface area contributed by atoms with Gasteiger partial charge in [-0.25, -0.2) is 0 Å². The predicted octanol–water partition coefficient (Wildman–Crippen LogP) is 2.69. The molecule has 2 fully saturated rings. The minimum Gasteiger partial charge on any atom is -0.465 e. The Kier molecular flexibility index (Phi) is 3.77. The quantitative estimate of drug-likeness (QED) is 0.584. The van der Waals surface area contributed by atoms with Crippen LogP contribution in [0.3, 0.4) is 0 Å². The Morgan fingerprint density at radius 2 is 2.25 bits per heavy atom. The Morgan fingerprint density at radius 3 is 3.00 bits per heavy atom. The van der Waals surface area contributed by atoms with E-state index in [9.17, 15) is 9.59 Å². The van der Waals surface area contributed by atoms with Gasteiger partial charge in [0, 0.05) is 4.47 Å². The summed E-state index contributed by atoms with van der Waals surface area (Å²) in [6, 6.07) is 7.58. The summed E-state index contributed by atoms with van der Waals surface area (Å²) in [5, 5.41) is 0. The van der Waals surface area contributed by atoms with E-state index >= 15 is 0 Å². The standard InChI is InChI=1S/C18H18BrNO4/c1-2-9-23-17(22)14-13-7-8-18(24-13)10-20(16(21)15(14)18)12-6-4-3-5-11(12)19/h3-8,13-15H,2,9-10H2,1H3/t13-,14+,15-,18+/m0/s1. The summed E-state index contributed by atoms with van der Waals surface area (Å²) in [4.78, 5) is 27.3. The molecular formula is C18H18BrNO4. The van der Waals surface area contributed by atoms with Crippen molar-refractivity contribution in [2.45, 2.75) is 25.0 Å². The van der Waals surface area contributed by atoms with Gasteiger partial charge in [0.15, 0.2) is 0 Å². The van der Waals surface area contributed by atoms with Gasteiger partial charge in [-0.3, -0.25) is 9.59 Å². The number of benzene rings is 1. The van der Waals surface area contributed by atoms with E-state index < -0.39 is 17.4 Å². The number of ether oxygens (including phenoxy) is 2. The number of esters is 1. The van der Waals surface area contributed by atoms with Gasteiger partial charge in [0.2, 0.25) is 5.91 Å². The van der Waals surface area contributed by atoms with Gasteiger partial charge in [0.1, 0.15) is 11.5 Å². The number of hydrogen-bond acceptors (Lipinski definition) is 4. The summed E-state index contributed by atoms with van der Waals surface area (Å²) in [5.41, 5.74) is 0.0832. The average Bonchev–Trinajstić information content (AvgIpc) is 3.21. The number of fused-ring (bicyclic) bond motifs is 1. The number of amides is 1. The molecule has 0 unspecified atom stereocenters. The summed E-state index contributed by atoms with van der Waals surface area (Å²) in [6.07, 6.45) is 4.24. The van der Waals surface area contributed by atoms with E-state index in [1.807, 2.05) is 43.3 Å². The largest absolute Gasteiger partial charge is 0.465 e. The molecule has 3 aliphatic rings. The van der Waals surface area contributed by atoms with Crippen molar-refractivity contribution in [1.29, 1.82) is 0 Å². The fourth-order valence-electron chi connectivity index (χ4n) is 3.94. The van der Waals surface area contributed by atoms with E-state index in [2.05, 4.69) is 15.9 Å². The zero-order valence-electron chi connectivity index (χ0n) is 13.3. The lowest BCUT2D eigenvalue weighted by molar-refractivity contribution is -0.152. The SMILES string of the molecule is CCCOC(=O)[C@@H]1[C@@H]2C=C[C@]3(CN(c4ccccc4Br)C(=O)[C@H]13)O2. The van der Waals surface area contributed by atoms with Crippen LogP contribution in [0.5, 0.6) is 0 Å². The first kappa shape index (κ1) is 15.8. The second kappa shape index (κ2) is 5.70. The van der Waals surface area contributed by atoms with Crippen LogP contribution in [-0.2, 0) is 19.1 Å². The summed E-state index contributed by atoms with van der Waals surface area (Å²) in [5.74, 6) is -1.47. The average molecular weight is 392 g/mol. The van der Waals surface area contributed by atoms with Crippen molar-refractivity contribution in [2.75, 3.05) is 18.1 Å². The molecule has 1 spiro atoms. The molecule has 0 saturated carbocycles. The smallest absolute Gasteiger partial charge is 0.312 e. The van der Waals surface area contributed by atoms with Gasteiger partial charge in [0.25, 0.3) is 0 Å². The van der Waals surface area contributed by atoms with E-state index in [0.29, 0.717) is 13.2 Å². The molecule has 1 aromatic carbocycles. The lowest BCUT2D eigenvalue weighted by atomic mass is 9.77. The first-order valence-corrected chi connectivity index (χ1v) is 8.96. The van der Waals surface area contributed by atoms with E-state index in [1.165, 1.54) is 0 Å². The first-order valence-electron chi connectivity index (χ1n) is 8.17. The second-order valence-electron chi connectivity index (χ2n) is 6.44. The first-order chi connectivity index (χ1) is 11.6. The zero-order valence-corrected chi connectivity index (χ0v) is 14.9.